The Hall–Kier alpha value is -3.86. The van der Waals surface area contributed by atoms with Crippen molar-refractivity contribution in [3.63, 3.8) is 0 Å². The van der Waals surface area contributed by atoms with Crippen LogP contribution in [0.25, 0.3) is 17.3 Å². The maximum absolute atomic E-state index is 15.2. The first-order valence-electron chi connectivity index (χ1n) is 12.4. The largest absolute Gasteiger partial charge is 0.490 e. The molecule has 2 aromatic carbocycles. The second kappa shape index (κ2) is 12.8. The predicted molar refractivity (Wildman–Crippen MR) is 141 cm³/mol. The van der Waals surface area contributed by atoms with Gasteiger partial charge in [0.25, 0.3) is 5.91 Å². The molecule has 0 unspecified atom stereocenters. The molecule has 7 nitrogen and oxygen atoms in total. The monoisotopic (exact) mass is 560 g/mol. The number of ether oxygens (including phenoxy) is 2. The van der Waals surface area contributed by atoms with Gasteiger partial charge in [-0.1, -0.05) is 38.2 Å². The summed E-state index contributed by atoms with van der Waals surface area (Å²) in [7, 11) is 1.05. The highest BCUT2D eigenvalue weighted by Crippen LogP contribution is 2.32. The van der Waals surface area contributed by atoms with E-state index in [1.165, 1.54) is 32.1 Å². The number of hydrogen-bond acceptors (Lipinski definition) is 6. The molecule has 0 atom stereocenters. The fourth-order valence-corrected chi connectivity index (χ4v) is 5.15. The number of rotatable bonds is 10. The summed E-state index contributed by atoms with van der Waals surface area (Å²) in [5.41, 5.74) is -0.557. The van der Waals surface area contributed by atoms with Gasteiger partial charge in [0.15, 0.2) is 16.7 Å². The predicted octanol–water partition coefficient (Wildman–Crippen LogP) is 6.90. The Labute approximate surface area is 227 Å². The van der Waals surface area contributed by atoms with Crippen LogP contribution in [0.1, 0.15) is 54.4 Å². The van der Waals surface area contributed by atoms with Crippen LogP contribution in [0.5, 0.6) is 5.75 Å². The molecule has 0 spiro atoms. The molecule has 1 aliphatic carbocycles. The van der Waals surface area contributed by atoms with Crippen LogP contribution in [0.2, 0.25) is 0 Å². The van der Waals surface area contributed by atoms with Gasteiger partial charge in [-0.3, -0.25) is 10.1 Å². The standard InChI is InChI=1S/C28H27F3N2O5S/c1-37-24(27(35)36)14-19-20(29)12-17(13-21(19)30)26(34)33-28-32-22(15-39-28)18-8-5-9-23(25(18)31)38-11-10-16-6-3-2-4-7-16/h5,8-9,12-16H,2-4,6-7,10-11H2,1H3,(H,35,36)(H,32,33,34). The smallest absolute Gasteiger partial charge is 0.371 e. The number of thiazole rings is 1. The number of carbonyl (C=O) groups is 2. The third-order valence-electron chi connectivity index (χ3n) is 6.52. The number of carboxylic acid groups (broad SMARTS) is 1. The van der Waals surface area contributed by atoms with E-state index < -0.39 is 40.7 Å². The van der Waals surface area contributed by atoms with Crippen LogP contribution in [-0.4, -0.2) is 35.7 Å². The molecule has 39 heavy (non-hydrogen) atoms. The summed E-state index contributed by atoms with van der Waals surface area (Å²) in [6, 6.07) is 6.30. The molecule has 2 N–H and O–H groups in total. The number of aliphatic carboxylic acids is 1. The summed E-state index contributed by atoms with van der Waals surface area (Å²) in [5.74, 6) is -5.17. The van der Waals surface area contributed by atoms with Crippen LogP contribution in [0.3, 0.4) is 0 Å². The lowest BCUT2D eigenvalue weighted by Crippen LogP contribution is -2.13. The lowest BCUT2D eigenvalue weighted by Gasteiger charge is -2.21. The van der Waals surface area contributed by atoms with Crippen molar-refractivity contribution in [1.82, 2.24) is 4.98 Å². The Morgan fingerprint density at radius 1 is 1.15 bits per heavy atom. The van der Waals surface area contributed by atoms with Gasteiger partial charge in [0.1, 0.15) is 11.6 Å². The Morgan fingerprint density at radius 2 is 1.87 bits per heavy atom. The zero-order chi connectivity index (χ0) is 27.9. The van der Waals surface area contributed by atoms with Crippen molar-refractivity contribution >= 4 is 34.4 Å². The molecular weight excluding hydrogens is 533 g/mol. The first kappa shape index (κ1) is 28.2. The Balaban J connectivity index is 1.44. The van der Waals surface area contributed by atoms with Crippen molar-refractivity contribution in [2.24, 2.45) is 5.92 Å². The molecule has 0 aliphatic heterocycles. The number of halogens is 3. The molecule has 0 radical (unpaired) electrons. The van der Waals surface area contributed by atoms with Gasteiger partial charge in [-0.15, -0.1) is 11.3 Å². The number of hydrogen-bond donors (Lipinski definition) is 2. The quantitative estimate of drug-likeness (QED) is 0.207. The third kappa shape index (κ3) is 6.97. The maximum atomic E-state index is 15.2. The number of amides is 1. The molecule has 1 amide bonds. The number of nitrogens with zero attached hydrogens (tertiary/aromatic N) is 1. The first-order chi connectivity index (χ1) is 18.8. The van der Waals surface area contributed by atoms with Crippen LogP contribution in [0, 0.1) is 23.4 Å². The van der Waals surface area contributed by atoms with Gasteiger partial charge in [-0.2, -0.15) is 0 Å². The number of methoxy groups -OCH3 is 1. The average molecular weight is 561 g/mol. The lowest BCUT2D eigenvalue weighted by molar-refractivity contribution is -0.135. The number of anilines is 1. The van der Waals surface area contributed by atoms with E-state index in [0.717, 1.165) is 37.0 Å². The van der Waals surface area contributed by atoms with E-state index >= 15 is 4.39 Å². The Bertz CT molecular complexity index is 1360. The van der Waals surface area contributed by atoms with Crippen molar-refractivity contribution in [1.29, 1.82) is 0 Å². The van der Waals surface area contributed by atoms with Gasteiger partial charge in [-0.25, -0.2) is 22.9 Å². The Kier molecular flexibility index (Phi) is 9.23. The highest BCUT2D eigenvalue weighted by Gasteiger charge is 2.20. The van der Waals surface area contributed by atoms with Crippen LogP contribution in [0.4, 0.5) is 18.3 Å². The minimum atomic E-state index is -1.51. The molecule has 0 saturated heterocycles. The van der Waals surface area contributed by atoms with E-state index in [4.69, 9.17) is 9.84 Å². The van der Waals surface area contributed by atoms with Gasteiger partial charge >= 0.3 is 5.97 Å². The van der Waals surface area contributed by atoms with Gasteiger partial charge in [0.05, 0.1) is 19.4 Å². The highest BCUT2D eigenvalue weighted by molar-refractivity contribution is 7.14. The third-order valence-corrected chi connectivity index (χ3v) is 7.28. The summed E-state index contributed by atoms with van der Waals surface area (Å²) in [6.07, 6.45) is 7.65. The van der Waals surface area contributed by atoms with E-state index in [2.05, 4.69) is 15.0 Å². The van der Waals surface area contributed by atoms with Crippen molar-refractivity contribution < 1.29 is 37.3 Å². The SMILES string of the molecule is COC(=Cc1c(F)cc(C(=O)Nc2nc(-c3cccc(OCCC4CCCCC4)c3F)cs2)cc1F)C(=O)O. The minimum absolute atomic E-state index is 0.0929. The minimum Gasteiger partial charge on any atom is -0.490 e. The van der Waals surface area contributed by atoms with Crippen molar-refractivity contribution in [2.45, 2.75) is 38.5 Å². The number of nitrogens with one attached hydrogen (secondary N) is 1. The molecule has 11 heteroatoms. The normalized spacial score (nSPS) is 14.2. The van der Waals surface area contributed by atoms with Gasteiger partial charge in [0.2, 0.25) is 5.76 Å². The maximum Gasteiger partial charge on any atom is 0.371 e. The number of carbonyl (C=O) groups excluding carboxylic acids is 1. The fourth-order valence-electron chi connectivity index (χ4n) is 4.45. The molecule has 0 bridgehead atoms. The number of carboxylic acids is 1. The lowest BCUT2D eigenvalue weighted by atomic mass is 9.87. The topological polar surface area (TPSA) is 97.8 Å². The van der Waals surface area contributed by atoms with E-state index in [1.54, 1.807) is 23.6 Å². The van der Waals surface area contributed by atoms with Crippen LogP contribution < -0.4 is 10.1 Å². The van der Waals surface area contributed by atoms with Crippen LogP contribution in [-0.2, 0) is 9.53 Å². The molecule has 1 aliphatic rings. The summed E-state index contributed by atoms with van der Waals surface area (Å²) in [4.78, 5) is 27.9. The number of aromatic nitrogens is 1. The average Bonchev–Trinajstić information content (AvgIpc) is 3.37. The fraction of sp³-hybridized carbons (Fsp3) is 0.321. The molecule has 1 saturated carbocycles. The Morgan fingerprint density at radius 3 is 2.54 bits per heavy atom. The first-order valence-corrected chi connectivity index (χ1v) is 13.3. The van der Waals surface area contributed by atoms with E-state index in [9.17, 15) is 18.4 Å². The van der Waals surface area contributed by atoms with Crippen LogP contribution >= 0.6 is 11.3 Å². The van der Waals surface area contributed by atoms with Gasteiger partial charge < -0.3 is 14.6 Å². The van der Waals surface area contributed by atoms with Crippen molar-refractivity contribution in [3.8, 4) is 17.0 Å². The molecule has 1 fully saturated rings. The summed E-state index contributed by atoms with van der Waals surface area (Å²) >= 11 is 1.02. The zero-order valence-corrected chi connectivity index (χ0v) is 22.0. The summed E-state index contributed by atoms with van der Waals surface area (Å²) in [6.45, 7) is 0.425. The molecule has 1 heterocycles. The number of benzene rings is 2. The molecule has 1 aromatic heterocycles. The second-order valence-corrected chi connectivity index (χ2v) is 9.98. The molecule has 3 aromatic rings. The summed E-state index contributed by atoms with van der Waals surface area (Å²) < 4.78 is 54.5. The second-order valence-electron chi connectivity index (χ2n) is 9.12. The van der Waals surface area contributed by atoms with E-state index in [0.29, 0.717) is 18.6 Å². The van der Waals surface area contributed by atoms with Gasteiger partial charge in [0, 0.05) is 28.1 Å². The summed E-state index contributed by atoms with van der Waals surface area (Å²) in [5, 5.41) is 13.1. The van der Waals surface area contributed by atoms with Crippen molar-refractivity contribution in [2.75, 3.05) is 19.0 Å². The van der Waals surface area contributed by atoms with E-state index in [-0.39, 0.29) is 27.7 Å². The molecular formula is C28H27F3N2O5S. The van der Waals surface area contributed by atoms with Crippen LogP contribution in [0.15, 0.2) is 41.5 Å². The van der Waals surface area contributed by atoms with Gasteiger partial charge in [-0.05, 0) is 36.6 Å². The highest BCUT2D eigenvalue weighted by atomic mass is 32.1. The zero-order valence-electron chi connectivity index (χ0n) is 21.1. The van der Waals surface area contributed by atoms with E-state index in [1.807, 2.05) is 0 Å². The van der Waals surface area contributed by atoms with Crippen molar-refractivity contribution in [3.05, 3.63) is 70.0 Å². The molecule has 4 rings (SSSR count). The molecule has 206 valence electrons.